The minimum Gasteiger partial charge on any atom is -0.487 e. The molecular formula is C18H18INO2. The van der Waals surface area contributed by atoms with Crippen LogP contribution in [0.3, 0.4) is 0 Å². The molecule has 0 bridgehead atoms. The van der Waals surface area contributed by atoms with Gasteiger partial charge in [-0.1, -0.05) is 18.2 Å². The number of nitrogens with one attached hydrogen (secondary N) is 1. The fourth-order valence-electron chi connectivity index (χ4n) is 2.77. The van der Waals surface area contributed by atoms with Crippen molar-refractivity contribution in [1.82, 2.24) is 5.32 Å². The van der Waals surface area contributed by atoms with Gasteiger partial charge in [-0.25, -0.2) is 0 Å². The Morgan fingerprint density at radius 2 is 1.86 bits per heavy atom. The number of para-hydroxylation sites is 1. The van der Waals surface area contributed by atoms with E-state index in [0.717, 1.165) is 21.3 Å². The average molecular weight is 407 g/mol. The first-order chi connectivity index (χ1) is 10.4. The lowest BCUT2D eigenvalue weighted by atomic mass is 9.89. The lowest BCUT2D eigenvalue weighted by Gasteiger charge is -2.37. The molecule has 0 spiro atoms. The van der Waals surface area contributed by atoms with E-state index in [1.807, 2.05) is 62.4 Å². The second kappa shape index (κ2) is 5.91. The Morgan fingerprint density at radius 3 is 2.59 bits per heavy atom. The van der Waals surface area contributed by atoms with Crippen molar-refractivity contribution in [3.63, 3.8) is 0 Å². The molecule has 0 radical (unpaired) electrons. The molecule has 1 N–H and O–H groups in total. The van der Waals surface area contributed by atoms with E-state index in [0.29, 0.717) is 5.56 Å². The molecule has 3 nitrogen and oxygen atoms in total. The highest BCUT2D eigenvalue weighted by Crippen LogP contribution is 2.39. The van der Waals surface area contributed by atoms with Gasteiger partial charge in [-0.15, -0.1) is 0 Å². The van der Waals surface area contributed by atoms with Gasteiger partial charge in [0, 0.05) is 21.1 Å². The van der Waals surface area contributed by atoms with Crippen LogP contribution >= 0.6 is 22.6 Å². The maximum atomic E-state index is 12.5. The van der Waals surface area contributed by atoms with Crippen LogP contribution in [0.2, 0.25) is 0 Å². The number of amides is 1. The van der Waals surface area contributed by atoms with Gasteiger partial charge in [0.2, 0.25) is 0 Å². The molecule has 0 fully saturated rings. The molecule has 2 aromatic carbocycles. The van der Waals surface area contributed by atoms with Gasteiger partial charge in [-0.3, -0.25) is 4.79 Å². The number of halogens is 1. The molecule has 114 valence electrons. The molecule has 0 saturated carbocycles. The largest absolute Gasteiger partial charge is 0.487 e. The molecule has 22 heavy (non-hydrogen) atoms. The molecule has 1 unspecified atom stereocenters. The summed E-state index contributed by atoms with van der Waals surface area (Å²) in [5.74, 6) is 0.806. The normalized spacial score (nSPS) is 19.0. The number of carbonyl (C=O) groups is 1. The van der Waals surface area contributed by atoms with Gasteiger partial charge >= 0.3 is 0 Å². The topological polar surface area (TPSA) is 38.3 Å². The highest BCUT2D eigenvalue weighted by molar-refractivity contribution is 14.1. The van der Waals surface area contributed by atoms with Gasteiger partial charge in [0.05, 0.1) is 6.04 Å². The van der Waals surface area contributed by atoms with Crippen molar-refractivity contribution in [2.45, 2.75) is 31.9 Å². The summed E-state index contributed by atoms with van der Waals surface area (Å²) in [6, 6.07) is 15.5. The van der Waals surface area contributed by atoms with E-state index >= 15 is 0 Å². The lowest BCUT2D eigenvalue weighted by molar-refractivity contribution is 0.0620. The number of hydrogen-bond donors (Lipinski definition) is 1. The van der Waals surface area contributed by atoms with Crippen molar-refractivity contribution in [2.75, 3.05) is 0 Å². The van der Waals surface area contributed by atoms with Crippen LogP contribution in [-0.4, -0.2) is 11.5 Å². The zero-order valence-electron chi connectivity index (χ0n) is 12.6. The predicted molar refractivity (Wildman–Crippen MR) is 95.1 cm³/mol. The zero-order chi connectivity index (χ0) is 15.7. The minimum absolute atomic E-state index is 0.0354. The summed E-state index contributed by atoms with van der Waals surface area (Å²) in [5.41, 5.74) is 1.43. The van der Waals surface area contributed by atoms with E-state index in [1.165, 1.54) is 0 Å². The summed E-state index contributed by atoms with van der Waals surface area (Å²) in [6.07, 6.45) is 0.750. The van der Waals surface area contributed by atoms with Crippen molar-refractivity contribution in [3.8, 4) is 5.75 Å². The van der Waals surface area contributed by atoms with E-state index in [9.17, 15) is 4.79 Å². The standard InChI is InChI=1S/C18H18INO2/c1-18(2)11-15(14-5-3-4-6-16(14)22-18)20-17(21)12-7-9-13(19)10-8-12/h3-10,15H,11H2,1-2H3,(H,20,21). The van der Waals surface area contributed by atoms with Gasteiger partial charge in [0.15, 0.2) is 0 Å². The molecule has 1 amide bonds. The molecule has 1 atom stereocenters. The summed E-state index contributed by atoms with van der Waals surface area (Å²) in [5, 5.41) is 3.15. The summed E-state index contributed by atoms with van der Waals surface area (Å²) < 4.78 is 7.12. The Labute approximate surface area is 144 Å². The van der Waals surface area contributed by atoms with Crippen LogP contribution in [0, 0.1) is 3.57 Å². The van der Waals surface area contributed by atoms with E-state index in [4.69, 9.17) is 4.74 Å². The molecule has 1 heterocycles. The molecule has 1 aliphatic rings. The Balaban J connectivity index is 1.85. The van der Waals surface area contributed by atoms with Crippen molar-refractivity contribution >= 4 is 28.5 Å². The number of fused-ring (bicyclic) bond motifs is 1. The number of benzene rings is 2. The number of carbonyl (C=O) groups excluding carboxylic acids is 1. The maximum absolute atomic E-state index is 12.5. The molecule has 0 aromatic heterocycles. The maximum Gasteiger partial charge on any atom is 0.251 e. The number of ether oxygens (including phenoxy) is 1. The van der Waals surface area contributed by atoms with Gasteiger partial charge in [0.1, 0.15) is 11.4 Å². The quantitative estimate of drug-likeness (QED) is 0.753. The summed E-state index contributed by atoms with van der Waals surface area (Å²) in [6.45, 7) is 4.10. The second-order valence-electron chi connectivity index (χ2n) is 6.14. The Morgan fingerprint density at radius 1 is 1.18 bits per heavy atom. The van der Waals surface area contributed by atoms with Gasteiger partial charge in [-0.2, -0.15) is 0 Å². The second-order valence-corrected chi connectivity index (χ2v) is 7.38. The molecule has 4 heteroatoms. The Hall–Kier alpha value is -1.56. The summed E-state index contributed by atoms with van der Waals surface area (Å²) in [7, 11) is 0. The molecule has 0 saturated heterocycles. The highest BCUT2D eigenvalue weighted by Gasteiger charge is 2.34. The first kappa shape index (κ1) is 15.3. The fraction of sp³-hybridized carbons (Fsp3) is 0.278. The predicted octanol–water partition coefficient (Wildman–Crippen LogP) is 4.32. The first-order valence-electron chi connectivity index (χ1n) is 7.29. The third kappa shape index (κ3) is 3.27. The van der Waals surface area contributed by atoms with Crippen LogP contribution in [-0.2, 0) is 0 Å². The SMILES string of the molecule is CC1(C)CC(NC(=O)c2ccc(I)cc2)c2ccccc2O1. The van der Waals surface area contributed by atoms with Crippen LogP contribution in [0.1, 0.15) is 42.2 Å². The molecule has 2 aromatic rings. The Kier molecular flexibility index (Phi) is 4.12. The zero-order valence-corrected chi connectivity index (χ0v) is 14.8. The third-order valence-corrected chi connectivity index (χ3v) is 4.51. The van der Waals surface area contributed by atoms with Crippen LogP contribution < -0.4 is 10.1 Å². The summed E-state index contributed by atoms with van der Waals surface area (Å²) in [4.78, 5) is 12.5. The van der Waals surface area contributed by atoms with Crippen LogP contribution in [0.4, 0.5) is 0 Å². The fourth-order valence-corrected chi connectivity index (χ4v) is 3.13. The van der Waals surface area contributed by atoms with Gasteiger partial charge < -0.3 is 10.1 Å². The van der Waals surface area contributed by atoms with E-state index in [2.05, 4.69) is 27.9 Å². The van der Waals surface area contributed by atoms with Crippen LogP contribution in [0.25, 0.3) is 0 Å². The van der Waals surface area contributed by atoms with Crippen molar-refractivity contribution in [3.05, 3.63) is 63.2 Å². The van der Waals surface area contributed by atoms with Crippen LogP contribution in [0.15, 0.2) is 48.5 Å². The third-order valence-electron chi connectivity index (χ3n) is 3.79. The minimum atomic E-state index is -0.293. The monoisotopic (exact) mass is 407 g/mol. The van der Waals surface area contributed by atoms with Crippen molar-refractivity contribution < 1.29 is 9.53 Å². The molecule has 3 rings (SSSR count). The van der Waals surface area contributed by atoms with Crippen molar-refractivity contribution in [2.24, 2.45) is 0 Å². The smallest absolute Gasteiger partial charge is 0.251 e. The lowest BCUT2D eigenvalue weighted by Crippen LogP contribution is -2.41. The van der Waals surface area contributed by atoms with E-state index < -0.39 is 0 Å². The van der Waals surface area contributed by atoms with Crippen LogP contribution in [0.5, 0.6) is 5.75 Å². The average Bonchev–Trinajstić information content (AvgIpc) is 2.46. The molecular weight excluding hydrogens is 389 g/mol. The van der Waals surface area contributed by atoms with E-state index in [-0.39, 0.29) is 17.6 Å². The van der Waals surface area contributed by atoms with Crippen molar-refractivity contribution in [1.29, 1.82) is 0 Å². The highest BCUT2D eigenvalue weighted by atomic mass is 127. The van der Waals surface area contributed by atoms with E-state index in [1.54, 1.807) is 0 Å². The number of rotatable bonds is 2. The first-order valence-corrected chi connectivity index (χ1v) is 8.37. The molecule has 1 aliphatic heterocycles. The van der Waals surface area contributed by atoms with Gasteiger partial charge in [-0.05, 0) is 66.8 Å². The molecule has 0 aliphatic carbocycles. The number of hydrogen-bond acceptors (Lipinski definition) is 2. The Bertz CT molecular complexity index is 694. The van der Waals surface area contributed by atoms with Gasteiger partial charge in [0.25, 0.3) is 5.91 Å². The summed E-state index contributed by atoms with van der Waals surface area (Å²) >= 11 is 2.23.